The zero-order valence-corrected chi connectivity index (χ0v) is 23.8. The topological polar surface area (TPSA) is 185 Å². The molecular weight excluding hydrogens is 578 g/mol. The Labute approximate surface area is 244 Å². The maximum absolute atomic E-state index is 13.2. The molecule has 4 atom stereocenters. The summed E-state index contributed by atoms with van der Waals surface area (Å²) in [5, 5.41) is 21.6. The van der Waals surface area contributed by atoms with Gasteiger partial charge >= 0.3 is 12.1 Å². The Hall–Kier alpha value is -4.59. The number of hydrogen-bond donors (Lipinski definition) is 0. The fourth-order valence-electron chi connectivity index (χ4n) is 4.02. The second-order valence-electron chi connectivity index (χ2n) is 10.5. The van der Waals surface area contributed by atoms with E-state index in [2.05, 4.69) is 0 Å². The number of carbonyl (C=O) groups excluding carboxylic acids is 4. The van der Waals surface area contributed by atoms with Crippen LogP contribution >= 0.6 is 11.6 Å². The van der Waals surface area contributed by atoms with Crippen LogP contribution in [0.5, 0.6) is 0 Å². The van der Waals surface area contributed by atoms with Gasteiger partial charge in [0, 0.05) is 29.7 Å². The molecule has 42 heavy (non-hydrogen) atoms. The van der Waals surface area contributed by atoms with Gasteiger partial charge in [-0.15, -0.1) is 0 Å². The van der Waals surface area contributed by atoms with Gasteiger partial charge in [0.15, 0.2) is 11.8 Å². The molecule has 224 valence electrons. The Bertz CT molecular complexity index is 1370. The van der Waals surface area contributed by atoms with Gasteiger partial charge in [0.25, 0.3) is 11.4 Å². The number of nitro benzene ring substituents is 2. The van der Waals surface area contributed by atoms with Crippen LogP contribution < -0.4 is 0 Å². The molecule has 2 aromatic carbocycles. The predicted molar refractivity (Wildman–Crippen MR) is 145 cm³/mol. The number of esters is 1. The van der Waals surface area contributed by atoms with Gasteiger partial charge in [0.05, 0.1) is 9.85 Å². The lowest BCUT2D eigenvalue weighted by Crippen LogP contribution is -2.69. The number of likely N-dealkylation sites (tertiary alicyclic amines) is 1. The number of halogens is 1. The number of nitrogens with zero attached hydrogens (tertiary/aromatic N) is 3. The lowest BCUT2D eigenvalue weighted by molar-refractivity contribution is -0.385. The van der Waals surface area contributed by atoms with Gasteiger partial charge < -0.3 is 19.1 Å². The average Bonchev–Trinajstić information content (AvgIpc) is 2.93. The van der Waals surface area contributed by atoms with E-state index in [9.17, 15) is 39.4 Å². The molecule has 1 heterocycles. The van der Waals surface area contributed by atoms with Gasteiger partial charge in [0.2, 0.25) is 5.91 Å². The van der Waals surface area contributed by atoms with Crippen LogP contribution in [-0.4, -0.2) is 56.2 Å². The Morgan fingerprint density at radius 2 is 1.36 bits per heavy atom. The van der Waals surface area contributed by atoms with Crippen LogP contribution in [0.1, 0.15) is 38.8 Å². The highest BCUT2D eigenvalue weighted by Crippen LogP contribution is 2.38. The number of benzene rings is 2. The molecule has 0 saturated carbocycles. The molecule has 15 heteroatoms. The second-order valence-corrected chi connectivity index (χ2v) is 10.9. The zero-order valence-electron chi connectivity index (χ0n) is 23.1. The number of non-ortho nitro benzene ring substituents is 2. The monoisotopic (exact) mass is 605 g/mol. The van der Waals surface area contributed by atoms with E-state index in [4.69, 9.17) is 25.8 Å². The fraction of sp³-hybridized carbons (Fsp3) is 0.407. The van der Waals surface area contributed by atoms with E-state index in [1.165, 1.54) is 55.5 Å². The summed E-state index contributed by atoms with van der Waals surface area (Å²) >= 11 is 6.46. The number of β-lactam (4-membered cyclic amide) rings is 1. The van der Waals surface area contributed by atoms with Crippen molar-refractivity contribution >= 4 is 46.8 Å². The van der Waals surface area contributed by atoms with E-state index < -0.39 is 62.6 Å². The van der Waals surface area contributed by atoms with E-state index >= 15 is 0 Å². The van der Waals surface area contributed by atoms with Gasteiger partial charge in [-0.1, -0.05) is 32.4 Å². The van der Waals surface area contributed by atoms with E-state index in [0.29, 0.717) is 11.1 Å². The van der Waals surface area contributed by atoms with Crippen LogP contribution in [0.25, 0.3) is 0 Å². The second kappa shape index (κ2) is 12.9. The third kappa shape index (κ3) is 7.37. The lowest BCUT2D eigenvalue weighted by Gasteiger charge is -2.48. The number of rotatable bonds is 11. The lowest BCUT2D eigenvalue weighted by atomic mass is 9.82. The van der Waals surface area contributed by atoms with Crippen molar-refractivity contribution in [3.05, 3.63) is 79.9 Å². The minimum absolute atomic E-state index is 0.130. The van der Waals surface area contributed by atoms with Crippen LogP contribution in [0.4, 0.5) is 16.2 Å². The SMILES string of the molecule is CC(OC(=O)OCc1ccc([N+](=O)[O-])cc1)C1C(=O)N(C(C(=O)OCc2ccc([N+](=O)[O-])cc2)C(=O)C(C)(C)C)C1Cl. The van der Waals surface area contributed by atoms with Crippen molar-refractivity contribution in [2.45, 2.75) is 58.6 Å². The molecule has 1 aliphatic heterocycles. The molecule has 14 nitrogen and oxygen atoms in total. The summed E-state index contributed by atoms with van der Waals surface area (Å²) in [4.78, 5) is 73.0. The summed E-state index contributed by atoms with van der Waals surface area (Å²) in [5.41, 5.74) is -1.68. The molecule has 0 aliphatic carbocycles. The first kappa shape index (κ1) is 31.9. The molecule has 4 unspecified atom stereocenters. The van der Waals surface area contributed by atoms with E-state index in [1.54, 1.807) is 20.8 Å². The molecular formula is C27H28ClN3O11. The quantitative estimate of drug-likeness (QED) is 0.0676. The van der Waals surface area contributed by atoms with Crippen molar-refractivity contribution in [1.82, 2.24) is 4.90 Å². The van der Waals surface area contributed by atoms with Crippen molar-refractivity contribution in [2.24, 2.45) is 11.3 Å². The average molecular weight is 606 g/mol. The molecule has 0 spiro atoms. The first-order valence-electron chi connectivity index (χ1n) is 12.6. The van der Waals surface area contributed by atoms with Crippen LogP contribution in [0.15, 0.2) is 48.5 Å². The fourth-order valence-corrected chi connectivity index (χ4v) is 4.54. The number of alkyl halides is 1. The van der Waals surface area contributed by atoms with Crippen molar-refractivity contribution in [1.29, 1.82) is 0 Å². The summed E-state index contributed by atoms with van der Waals surface area (Å²) < 4.78 is 15.5. The Kier molecular flexibility index (Phi) is 9.83. The number of carbonyl (C=O) groups is 4. The first-order valence-corrected chi connectivity index (χ1v) is 13.0. The third-order valence-corrected chi connectivity index (χ3v) is 6.89. The normalized spacial score (nSPS) is 17.8. The number of hydrogen-bond acceptors (Lipinski definition) is 11. The number of nitro groups is 2. The minimum atomic E-state index is -1.68. The van der Waals surface area contributed by atoms with E-state index in [1.807, 2.05) is 0 Å². The summed E-state index contributed by atoms with van der Waals surface area (Å²) in [6.45, 7) is 5.51. The van der Waals surface area contributed by atoms with Gasteiger partial charge in [-0.2, -0.15) is 0 Å². The number of amides is 1. The standard InChI is InChI=1S/C27H28ClN3O11/c1-15(42-26(35)41-14-17-7-11-19(12-8-17)31(38)39)20-23(28)29(24(20)33)21(22(32)27(2,3)4)25(34)40-13-16-5-9-18(10-6-16)30(36)37/h5-12,15,20-21,23H,13-14H2,1-4H3. The summed E-state index contributed by atoms with van der Waals surface area (Å²) in [7, 11) is 0. The Morgan fingerprint density at radius 3 is 1.76 bits per heavy atom. The maximum atomic E-state index is 13.2. The van der Waals surface area contributed by atoms with E-state index in [-0.39, 0.29) is 24.6 Å². The molecule has 3 rings (SSSR count). The summed E-state index contributed by atoms with van der Waals surface area (Å²) in [5.74, 6) is -3.50. The largest absolute Gasteiger partial charge is 0.508 e. The van der Waals surface area contributed by atoms with Gasteiger partial charge in [-0.25, -0.2) is 9.59 Å². The molecule has 0 bridgehead atoms. The Balaban J connectivity index is 1.63. The molecule has 0 aromatic heterocycles. The van der Waals surface area contributed by atoms with Crippen molar-refractivity contribution in [3.8, 4) is 0 Å². The van der Waals surface area contributed by atoms with Crippen molar-refractivity contribution in [3.63, 3.8) is 0 Å². The number of Topliss-reactive ketones (excluding diaryl/α,β-unsaturated/α-hetero) is 1. The molecule has 2 aromatic rings. The Morgan fingerprint density at radius 1 is 0.905 bits per heavy atom. The maximum Gasteiger partial charge on any atom is 0.508 e. The molecule has 1 amide bonds. The van der Waals surface area contributed by atoms with Crippen molar-refractivity contribution in [2.75, 3.05) is 0 Å². The van der Waals surface area contributed by atoms with Crippen LogP contribution in [-0.2, 0) is 41.8 Å². The predicted octanol–water partition coefficient (Wildman–Crippen LogP) is 4.30. The number of ketones is 1. The molecule has 1 aliphatic rings. The third-order valence-electron chi connectivity index (χ3n) is 6.41. The number of ether oxygens (including phenoxy) is 3. The van der Waals surface area contributed by atoms with Gasteiger partial charge in [-0.05, 0) is 42.3 Å². The minimum Gasteiger partial charge on any atom is -0.459 e. The molecule has 0 radical (unpaired) electrons. The summed E-state index contributed by atoms with van der Waals surface area (Å²) in [6.07, 6.45) is -2.22. The van der Waals surface area contributed by atoms with Gasteiger partial charge in [0.1, 0.15) is 30.7 Å². The summed E-state index contributed by atoms with van der Waals surface area (Å²) in [6, 6.07) is 8.87. The highest BCUT2D eigenvalue weighted by atomic mass is 35.5. The van der Waals surface area contributed by atoms with Crippen molar-refractivity contribution < 1.29 is 43.2 Å². The molecule has 0 N–H and O–H groups in total. The first-order chi connectivity index (χ1) is 19.6. The highest BCUT2D eigenvalue weighted by molar-refractivity contribution is 6.26. The van der Waals surface area contributed by atoms with Gasteiger partial charge in [-0.3, -0.25) is 29.8 Å². The van der Waals surface area contributed by atoms with Crippen LogP contribution in [0, 0.1) is 31.6 Å². The highest BCUT2D eigenvalue weighted by Gasteiger charge is 2.58. The smallest absolute Gasteiger partial charge is 0.459 e. The van der Waals surface area contributed by atoms with E-state index in [0.717, 1.165) is 4.90 Å². The molecule has 1 fully saturated rings. The zero-order chi connectivity index (χ0) is 31.4. The van der Waals surface area contributed by atoms with Crippen LogP contribution in [0.3, 0.4) is 0 Å². The molecule has 1 saturated heterocycles. The van der Waals surface area contributed by atoms with Crippen LogP contribution in [0.2, 0.25) is 0 Å².